The van der Waals surface area contributed by atoms with Crippen LogP contribution in [0.5, 0.6) is 0 Å². The van der Waals surface area contributed by atoms with Crippen LogP contribution < -0.4 is 16.0 Å². The maximum absolute atomic E-state index is 13.3. The Bertz CT molecular complexity index is 968. The van der Waals surface area contributed by atoms with E-state index in [0.717, 1.165) is 29.3 Å². The molecule has 0 spiro atoms. The van der Waals surface area contributed by atoms with Crippen LogP contribution in [0.2, 0.25) is 0 Å². The highest BCUT2D eigenvalue weighted by molar-refractivity contribution is 5.86. The summed E-state index contributed by atoms with van der Waals surface area (Å²) < 4.78 is 13.3. The SMILES string of the molecule is CN=C(NCCc1c[nH]c2cc(F)ccc12)NCC(=O)NCCc1ccccc1. The summed E-state index contributed by atoms with van der Waals surface area (Å²) in [5.74, 6) is 0.229. The lowest BCUT2D eigenvalue weighted by Gasteiger charge is -2.12. The van der Waals surface area contributed by atoms with Gasteiger partial charge in [-0.15, -0.1) is 0 Å². The first-order valence-electron chi connectivity index (χ1n) is 9.66. The van der Waals surface area contributed by atoms with Gasteiger partial charge in [-0.2, -0.15) is 0 Å². The van der Waals surface area contributed by atoms with Gasteiger partial charge < -0.3 is 20.9 Å². The lowest BCUT2D eigenvalue weighted by atomic mass is 10.1. The van der Waals surface area contributed by atoms with Crippen molar-refractivity contribution in [2.75, 3.05) is 26.7 Å². The molecule has 152 valence electrons. The molecule has 1 amide bonds. The Kier molecular flexibility index (Phi) is 7.22. The minimum absolute atomic E-state index is 0.0810. The maximum Gasteiger partial charge on any atom is 0.239 e. The molecule has 0 aliphatic heterocycles. The smallest absolute Gasteiger partial charge is 0.239 e. The predicted molar refractivity (Wildman–Crippen MR) is 114 cm³/mol. The number of carbonyl (C=O) groups excluding carboxylic acids is 1. The van der Waals surface area contributed by atoms with Crippen LogP contribution in [0.1, 0.15) is 11.1 Å². The minimum atomic E-state index is -0.254. The maximum atomic E-state index is 13.3. The summed E-state index contributed by atoms with van der Waals surface area (Å²) in [4.78, 5) is 19.2. The minimum Gasteiger partial charge on any atom is -0.361 e. The molecule has 0 saturated carbocycles. The van der Waals surface area contributed by atoms with E-state index in [1.54, 1.807) is 13.1 Å². The standard InChI is InChI=1S/C22H26FN5O/c1-24-22(28-15-21(29)25-11-9-16-5-3-2-4-6-16)26-12-10-17-14-27-20-13-18(23)7-8-19(17)20/h2-8,13-14,27H,9-12,15H2,1H3,(H,25,29)(H2,24,26,28). The molecule has 1 heterocycles. The molecule has 7 heteroatoms. The second-order valence-corrected chi connectivity index (χ2v) is 6.69. The number of hydrogen-bond acceptors (Lipinski definition) is 2. The molecule has 3 aromatic rings. The molecule has 1 aromatic heterocycles. The number of hydrogen-bond donors (Lipinski definition) is 4. The van der Waals surface area contributed by atoms with Crippen LogP contribution in [0.15, 0.2) is 59.7 Å². The molecule has 0 aliphatic rings. The Labute approximate surface area is 169 Å². The van der Waals surface area contributed by atoms with Gasteiger partial charge in [0.05, 0.1) is 6.54 Å². The van der Waals surface area contributed by atoms with Gasteiger partial charge >= 0.3 is 0 Å². The van der Waals surface area contributed by atoms with Gasteiger partial charge in [0.15, 0.2) is 5.96 Å². The van der Waals surface area contributed by atoms with Crippen molar-refractivity contribution in [1.29, 1.82) is 0 Å². The molecule has 0 radical (unpaired) electrons. The van der Waals surface area contributed by atoms with Crippen molar-refractivity contribution >= 4 is 22.8 Å². The molecular weight excluding hydrogens is 369 g/mol. The summed E-state index contributed by atoms with van der Waals surface area (Å²) in [5, 5.41) is 10.1. The Balaban J connectivity index is 1.37. The lowest BCUT2D eigenvalue weighted by Crippen LogP contribution is -2.44. The van der Waals surface area contributed by atoms with E-state index in [4.69, 9.17) is 0 Å². The predicted octanol–water partition coefficient (Wildman–Crippen LogP) is 2.37. The van der Waals surface area contributed by atoms with Crippen molar-refractivity contribution in [3.63, 3.8) is 0 Å². The molecule has 6 nitrogen and oxygen atoms in total. The quantitative estimate of drug-likeness (QED) is 0.349. The van der Waals surface area contributed by atoms with Crippen molar-refractivity contribution in [1.82, 2.24) is 20.9 Å². The second kappa shape index (κ2) is 10.3. The van der Waals surface area contributed by atoms with Gasteiger partial charge in [0, 0.05) is 37.2 Å². The molecule has 0 bridgehead atoms. The summed E-state index contributed by atoms with van der Waals surface area (Å²) in [6.07, 6.45) is 3.44. The summed E-state index contributed by atoms with van der Waals surface area (Å²) in [6, 6.07) is 14.8. The molecular formula is C22H26FN5O. The first kappa shape index (κ1) is 20.4. The molecule has 2 aromatic carbocycles. The number of rotatable bonds is 8. The number of aromatic amines is 1. The zero-order valence-corrected chi connectivity index (χ0v) is 16.5. The second-order valence-electron chi connectivity index (χ2n) is 6.69. The van der Waals surface area contributed by atoms with Crippen LogP contribution >= 0.6 is 0 Å². The highest BCUT2D eigenvalue weighted by atomic mass is 19.1. The van der Waals surface area contributed by atoms with E-state index in [-0.39, 0.29) is 18.3 Å². The number of carbonyl (C=O) groups is 1. The number of fused-ring (bicyclic) bond motifs is 1. The zero-order chi connectivity index (χ0) is 20.5. The van der Waals surface area contributed by atoms with Gasteiger partial charge in [0.1, 0.15) is 5.82 Å². The number of halogens is 1. The van der Waals surface area contributed by atoms with Gasteiger partial charge in [0.25, 0.3) is 0 Å². The average molecular weight is 395 g/mol. The van der Waals surface area contributed by atoms with Crippen LogP contribution in [-0.4, -0.2) is 43.5 Å². The number of nitrogens with one attached hydrogen (secondary N) is 4. The Hall–Kier alpha value is -3.35. The molecule has 4 N–H and O–H groups in total. The largest absolute Gasteiger partial charge is 0.361 e. The van der Waals surface area contributed by atoms with E-state index in [0.29, 0.717) is 19.0 Å². The number of amides is 1. The fraction of sp³-hybridized carbons (Fsp3) is 0.273. The van der Waals surface area contributed by atoms with Crippen LogP contribution in [0.3, 0.4) is 0 Å². The highest BCUT2D eigenvalue weighted by Crippen LogP contribution is 2.19. The summed E-state index contributed by atoms with van der Waals surface area (Å²) in [5.41, 5.74) is 3.08. The topological polar surface area (TPSA) is 81.3 Å². The third-order valence-electron chi connectivity index (χ3n) is 4.63. The number of aromatic nitrogens is 1. The monoisotopic (exact) mass is 395 g/mol. The summed E-state index contributed by atoms with van der Waals surface area (Å²) in [6.45, 7) is 1.39. The number of guanidine groups is 1. The third-order valence-corrected chi connectivity index (χ3v) is 4.63. The third kappa shape index (κ3) is 6.07. The Morgan fingerprint density at radius 2 is 1.83 bits per heavy atom. The van der Waals surface area contributed by atoms with Crippen LogP contribution in [0.4, 0.5) is 4.39 Å². The Morgan fingerprint density at radius 1 is 1.03 bits per heavy atom. The first-order valence-corrected chi connectivity index (χ1v) is 9.66. The fourth-order valence-electron chi connectivity index (χ4n) is 3.12. The van der Waals surface area contributed by atoms with E-state index in [1.165, 1.54) is 17.7 Å². The first-order chi connectivity index (χ1) is 14.2. The normalized spacial score (nSPS) is 11.4. The number of benzene rings is 2. The van der Waals surface area contributed by atoms with E-state index in [9.17, 15) is 9.18 Å². The van der Waals surface area contributed by atoms with Crippen molar-refractivity contribution < 1.29 is 9.18 Å². The zero-order valence-electron chi connectivity index (χ0n) is 16.5. The molecule has 29 heavy (non-hydrogen) atoms. The van der Waals surface area contributed by atoms with E-state index < -0.39 is 0 Å². The summed E-state index contributed by atoms with van der Waals surface area (Å²) in [7, 11) is 1.66. The van der Waals surface area contributed by atoms with Crippen molar-refractivity contribution in [3.8, 4) is 0 Å². The summed E-state index contributed by atoms with van der Waals surface area (Å²) >= 11 is 0. The highest BCUT2D eigenvalue weighted by Gasteiger charge is 2.06. The Morgan fingerprint density at radius 3 is 2.62 bits per heavy atom. The van der Waals surface area contributed by atoms with Crippen molar-refractivity contribution in [2.24, 2.45) is 4.99 Å². The van der Waals surface area contributed by atoms with Crippen LogP contribution in [0.25, 0.3) is 10.9 Å². The molecule has 0 aliphatic carbocycles. The van der Waals surface area contributed by atoms with E-state index >= 15 is 0 Å². The van der Waals surface area contributed by atoms with Gasteiger partial charge in [0.2, 0.25) is 5.91 Å². The average Bonchev–Trinajstić information content (AvgIpc) is 3.13. The van der Waals surface area contributed by atoms with Crippen LogP contribution in [0, 0.1) is 5.82 Å². The van der Waals surface area contributed by atoms with Gasteiger partial charge in [-0.05, 0) is 42.2 Å². The fourth-order valence-corrected chi connectivity index (χ4v) is 3.12. The van der Waals surface area contributed by atoms with Gasteiger partial charge in [-0.3, -0.25) is 9.79 Å². The molecule has 3 rings (SSSR count). The molecule has 0 atom stereocenters. The van der Waals surface area contributed by atoms with E-state index in [2.05, 4.69) is 25.9 Å². The van der Waals surface area contributed by atoms with Gasteiger partial charge in [-0.25, -0.2) is 4.39 Å². The number of aliphatic imine (C=N–C) groups is 1. The number of H-pyrrole nitrogens is 1. The van der Waals surface area contributed by atoms with Crippen molar-refractivity contribution in [3.05, 3.63) is 71.7 Å². The van der Waals surface area contributed by atoms with Crippen LogP contribution in [-0.2, 0) is 17.6 Å². The molecule has 0 saturated heterocycles. The lowest BCUT2D eigenvalue weighted by molar-refractivity contribution is -0.119. The molecule has 0 fully saturated rings. The van der Waals surface area contributed by atoms with Crippen molar-refractivity contribution in [2.45, 2.75) is 12.8 Å². The van der Waals surface area contributed by atoms with Gasteiger partial charge in [-0.1, -0.05) is 30.3 Å². The number of nitrogens with zero attached hydrogens (tertiary/aromatic N) is 1. The van der Waals surface area contributed by atoms with E-state index in [1.807, 2.05) is 36.5 Å². The molecule has 0 unspecified atom stereocenters.